The Morgan fingerprint density at radius 1 is 1.47 bits per heavy atom. The number of phenols is 1. The molecule has 1 atom stereocenters. The molecule has 0 amide bonds. The molecule has 0 aromatic heterocycles. The van der Waals surface area contributed by atoms with Crippen molar-refractivity contribution in [3.8, 4) is 5.75 Å². The Labute approximate surface area is 123 Å². The van der Waals surface area contributed by atoms with Gasteiger partial charge >= 0.3 is 0 Å². The van der Waals surface area contributed by atoms with Crippen molar-refractivity contribution < 1.29 is 5.11 Å². The van der Waals surface area contributed by atoms with Crippen LogP contribution in [0.3, 0.4) is 0 Å². The molecule has 19 heavy (non-hydrogen) atoms. The summed E-state index contributed by atoms with van der Waals surface area (Å²) in [4.78, 5) is 2.42. The summed E-state index contributed by atoms with van der Waals surface area (Å²) in [6.45, 7) is 9.81. The Morgan fingerprint density at radius 2 is 2.16 bits per heavy atom. The lowest BCUT2D eigenvalue weighted by molar-refractivity contribution is 0.172. The predicted molar refractivity (Wildman–Crippen MR) is 82.5 cm³/mol. The van der Waals surface area contributed by atoms with Crippen molar-refractivity contribution in [3.63, 3.8) is 0 Å². The number of hydrogen-bond acceptors (Lipinski definition) is 3. The maximum Gasteiger partial charge on any atom is 0.123 e. The molecule has 4 heteroatoms. The Balaban J connectivity index is 2.34. The molecular weight excluding hydrogens is 304 g/mol. The standard InChI is InChI=1S/C15H21BrN2O/c1-3-4-14(18-7-5-17-6-8-18)13-10-12(16)9-11(2)15(13)19/h3,9-10,14,17,19H,1,4-8H2,2H3/t14-/m0/s1. The van der Waals surface area contributed by atoms with Crippen LogP contribution in [-0.4, -0.2) is 36.2 Å². The minimum atomic E-state index is 0.204. The van der Waals surface area contributed by atoms with Crippen LogP contribution in [0.2, 0.25) is 0 Å². The summed E-state index contributed by atoms with van der Waals surface area (Å²) in [6.07, 6.45) is 2.78. The van der Waals surface area contributed by atoms with Crippen LogP contribution in [0.25, 0.3) is 0 Å². The van der Waals surface area contributed by atoms with Gasteiger partial charge in [-0.25, -0.2) is 0 Å². The number of piperazine rings is 1. The zero-order chi connectivity index (χ0) is 13.8. The first-order valence-corrected chi connectivity index (χ1v) is 7.47. The van der Waals surface area contributed by atoms with E-state index in [9.17, 15) is 5.11 Å². The zero-order valence-electron chi connectivity index (χ0n) is 11.3. The van der Waals surface area contributed by atoms with Gasteiger partial charge in [-0.15, -0.1) is 6.58 Å². The molecule has 0 unspecified atom stereocenters. The monoisotopic (exact) mass is 324 g/mol. The van der Waals surface area contributed by atoms with Crippen LogP contribution < -0.4 is 5.32 Å². The van der Waals surface area contributed by atoms with Gasteiger partial charge in [0.15, 0.2) is 0 Å². The molecule has 0 saturated carbocycles. The SMILES string of the molecule is C=CC[C@@H](c1cc(Br)cc(C)c1O)N1CCNCC1. The Bertz CT molecular complexity index is 456. The Kier molecular flexibility index (Phi) is 5.02. The molecular formula is C15H21BrN2O. The van der Waals surface area contributed by atoms with E-state index in [2.05, 4.69) is 32.7 Å². The van der Waals surface area contributed by atoms with E-state index in [1.54, 1.807) is 0 Å². The average Bonchev–Trinajstić information content (AvgIpc) is 2.41. The lowest BCUT2D eigenvalue weighted by Crippen LogP contribution is -2.45. The molecule has 1 aliphatic heterocycles. The topological polar surface area (TPSA) is 35.5 Å². The number of rotatable bonds is 4. The summed E-state index contributed by atoms with van der Waals surface area (Å²) in [5.41, 5.74) is 1.90. The van der Waals surface area contributed by atoms with Gasteiger partial charge in [0.25, 0.3) is 0 Å². The van der Waals surface area contributed by atoms with Gasteiger partial charge in [-0.3, -0.25) is 4.90 Å². The van der Waals surface area contributed by atoms with Gasteiger partial charge in [0, 0.05) is 42.3 Å². The summed E-state index contributed by atoms with van der Waals surface area (Å²) in [6, 6.07) is 4.18. The summed E-state index contributed by atoms with van der Waals surface area (Å²) in [5.74, 6) is 0.411. The van der Waals surface area contributed by atoms with Crippen molar-refractivity contribution in [2.24, 2.45) is 0 Å². The van der Waals surface area contributed by atoms with Crippen molar-refractivity contribution in [3.05, 3.63) is 40.4 Å². The van der Waals surface area contributed by atoms with Crippen LogP contribution in [0, 0.1) is 6.92 Å². The molecule has 104 valence electrons. The highest BCUT2D eigenvalue weighted by molar-refractivity contribution is 9.10. The average molecular weight is 325 g/mol. The summed E-state index contributed by atoms with van der Waals surface area (Å²) in [5, 5.41) is 13.7. The number of nitrogens with zero attached hydrogens (tertiary/aromatic N) is 1. The molecule has 2 rings (SSSR count). The smallest absolute Gasteiger partial charge is 0.123 e. The third kappa shape index (κ3) is 3.38. The Morgan fingerprint density at radius 3 is 2.79 bits per heavy atom. The number of benzene rings is 1. The van der Waals surface area contributed by atoms with Gasteiger partial charge < -0.3 is 10.4 Å². The van der Waals surface area contributed by atoms with Crippen LogP contribution >= 0.6 is 15.9 Å². The summed E-state index contributed by atoms with van der Waals surface area (Å²) in [7, 11) is 0. The molecule has 1 heterocycles. The third-order valence-corrected chi connectivity index (χ3v) is 4.09. The molecule has 0 radical (unpaired) electrons. The third-order valence-electron chi connectivity index (χ3n) is 3.64. The van der Waals surface area contributed by atoms with E-state index in [1.165, 1.54) is 0 Å². The number of aromatic hydroxyl groups is 1. The van der Waals surface area contributed by atoms with Crippen molar-refractivity contribution >= 4 is 15.9 Å². The van der Waals surface area contributed by atoms with Crippen molar-refractivity contribution in [1.29, 1.82) is 0 Å². The first-order chi connectivity index (χ1) is 9.13. The van der Waals surface area contributed by atoms with E-state index in [4.69, 9.17) is 0 Å². The molecule has 1 aromatic carbocycles. The predicted octanol–water partition coefficient (Wildman–Crippen LogP) is 2.99. The maximum absolute atomic E-state index is 10.4. The van der Waals surface area contributed by atoms with E-state index < -0.39 is 0 Å². The second-order valence-electron chi connectivity index (χ2n) is 4.99. The van der Waals surface area contributed by atoms with Gasteiger partial charge in [-0.05, 0) is 31.0 Å². The van der Waals surface area contributed by atoms with Crippen molar-refractivity contribution in [1.82, 2.24) is 10.2 Å². The first-order valence-electron chi connectivity index (χ1n) is 6.68. The number of aryl methyl sites for hydroxylation is 1. The van der Waals surface area contributed by atoms with Crippen LogP contribution in [0.1, 0.15) is 23.6 Å². The first kappa shape index (κ1) is 14.6. The lowest BCUT2D eigenvalue weighted by Gasteiger charge is -2.35. The highest BCUT2D eigenvalue weighted by Crippen LogP contribution is 2.36. The second-order valence-corrected chi connectivity index (χ2v) is 5.90. The normalized spacial score (nSPS) is 18.2. The molecule has 0 bridgehead atoms. The highest BCUT2D eigenvalue weighted by atomic mass is 79.9. The molecule has 1 aromatic rings. The summed E-state index contributed by atoms with van der Waals surface area (Å²) < 4.78 is 1.02. The Hall–Kier alpha value is -0.840. The fraction of sp³-hybridized carbons (Fsp3) is 0.467. The zero-order valence-corrected chi connectivity index (χ0v) is 12.9. The molecule has 2 N–H and O–H groups in total. The second kappa shape index (κ2) is 6.55. The van der Waals surface area contributed by atoms with Gasteiger partial charge in [0.05, 0.1) is 0 Å². The molecule has 0 spiro atoms. The largest absolute Gasteiger partial charge is 0.507 e. The fourth-order valence-electron chi connectivity index (χ4n) is 2.64. The minimum Gasteiger partial charge on any atom is -0.507 e. The number of halogens is 1. The van der Waals surface area contributed by atoms with Crippen LogP contribution in [-0.2, 0) is 0 Å². The van der Waals surface area contributed by atoms with E-state index in [1.807, 2.05) is 25.1 Å². The molecule has 0 aliphatic carbocycles. The fourth-order valence-corrected chi connectivity index (χ4v) is 3.23. The van der Waals surface area contributed by atoms with E-state index in [-0.39, 0.29) is 6.04 Å². The molecule has 1 saturated heterocycles. The van der Waals surface area contributed by atoms with Gasteiger partial charge in [-0.1, -0.05) is 22.0 Å². The summed E-state index contributed by atoms with van der Waals surface area (Å²) >= 11 is 3.52. The van der Waals surface area contributed by atoms with E-state index in [0.717, 1.165) is 48.2 Å². The van der Waals surface area contributed by atoms with Gasteiger partial charge in [0.2, 0.25) is 0 Å². The van der Waals surface area contributed by atoms with Gasteiger partial charge in [-0.2, -0.15) is 0 Å². The number of hydrogen-bond donors (Lipinski definition) is 2. The quantitative estimate of drug-likeness (QED) is 0.836. The van der Waals surface area contributed by atoms with Crippen LogP contribution in [0.15, 0.2) is 29.3 Å². The highest BCUT2D eigenvalue weighted by Gasteiger charge is 2.24. The van der Waals surface area contributed by atoms with Crippen molar-refractivity contribution in [2.45, 2.75) is 19.4 Å². The van der Waals surface area contributed by atoms with Crippen LogP contribution in [0.4, 0.5) is 0 Å². The van der Waals surface area contributed by atoms with E-state index in [0.29, 0.717) is 5.75 Å². The lowest BCUT2D eigenvalue weighted by atomic mass is 9.98. The number of nitrogens with one attached hydrogen (secondary N) is 1. The van der Waals surface area contributed by atoms with E-state index >= 15 is 0 Å². The van der Waals surface area contributed by atoms with Crippen LogP contribution in [0.5, 0.6) is 5.75 Å². The number of phenolic OH excluding ortho intramolecular Hbond substituents is 1. The molecule has 1 aliphatic rings. The van der Waals surface area contributed by atoms with Gasteiger partial charge in [0.1, 0.15) is 5.75 Å². The minimum absolute atomic E-state index is 0.204. The maximum atomic E-state index is 10.4. The molecule has 3 nitrogen and oxygen atoms in total. The van der Waals surface area contributed by atoms with Crippen molar-refractivity contribution in [2.75, 3.05) is 26.2 Å². The molecule has 1 fully saturated rings.